The molecule has 252 valence electrons. The van der Waals surface area contributed by atoms with Crippen LogP contribution >= 0.6 is 11.6 Å². The van der Waals surface area contributed by atoms with E-state index in [1.807, 2.05) is 36.4 Å². The SMILES string of the molecule is Cn1c(C(=O)O)c(Cl)c2c(C3C[C@H](c4ccccc4)[C@@H](C(N)=O)N3C(=O)C3CCC(C(CF)NC(=O)OC(C)(C)C)CC3)cccc21. The number of halogens is 2. The fraction of sp³-hybridized carbons (Fsp3) is 0.486. The second-order valence-electron chi connectivity index (χ2n) is 13.6. The smallest absolute Gasteiger partial charge is 0.407 e. The normalized spacial score (nSPS) is 23.8. The summed E-state index contributed by atoms with van der Waals surface area (Å²) >= 11 is 6.73. The minimum Gasteiger partial charge on any atom is -0.477 e. The monoisotopic (exact) mass is 668 g/mol. The number of carbonyl (C=O) groups excluding carboxylic acids is 3. The van der Waals surface area contributed by atoms with Crippen LogP contribution in [0.1, 0.15) is 86.5 Å². The first-order chi connectivity index (χ1) is 22.2. The van der Waals surface area contributed by atoms with E-state index in [1.54, 1.807) is 44.9 Å². The Hall–Kier alpha value is -4.12. The summed E-state index contributed by atoms with van der Waals surface area (Å²) in [7, 11) is 1.62. The van der Waals surface area contributed by atoms with Gasteiger partial charge in [0.2, 0.25) is 11.8 Å². The lowest BCUT2D eigenvalue weighted by molar-refractivity contribution is -0.144. The lowest BCUT2D eigenvalue weighted by atomic mass is 9.78. The van der Waals surface area contributed by atoms with Crippen molar-refractivity contribution in [1.82, 2.24) is 14.8 Å². The van der Waals surface area contributed by atoms with Crippen LogP contribution in [0, 0.1) is 11.8 Å². The number of aromatic nitrogens is 1. The molecule has 0 spiro atoms. The number of likely N-dealkylation sites (tertiary alicyclic amines) is 1. The van der Waals surface area contributed by atoms with Gasteiger partial charge in [-0.25, -0.2) is 14.0 Å². The number of nitrogens with two attached hydrogens (primary N) is 1. The second-order valence-corrected chi connectivity index (χ2v) is 14.0. The number of alkyl carbamates (subject to hydrolysis) is 1. The van der Waals surface area contributed by atoms with Gasteiger partial charge in [-0.3, -0.25) is 9.59 Å². The number of nitrogens with one attached hydrogen (secondary N) is 1. The van der Waals surface area contributed by atoms with Crippen molar-refractivity contribution in [3.63, 3.8) is 0 Å². The van der Waals surface area contributed by atoms with Gasteiger partial charge in [-0.05, 0) is 76.0 Å². The number of fused-ring (bicyclic) bond motifs is 1. The highest BCUT2D eigenvalue weighted by Crippen LogP contribution is 2.49. The number of carboxylic acids is 1. The maximum atomic E-state index is 14.6. The Morgan fingerprint density at radius 2 is 1.72 bits per heavy atom. The highest BCUT2D eigenvalue weighted by molar-refractivity contribution is 6.39. The molecule has 0 radical (unpaired) electrons. The van der Waals surface area contributed by atoms with Gasteiger partial charge in [-0.1, -0.05) is 54.1 Å². The molecular weight excluding hydrogens is 627 g/mol. The van der Waals surface area contributed by atoms with Gasteiger partial charge in [0.05, 0.1) is 22.6 Å². The number of amides is 3. The summed E-state index contributed by atoms with van der Waals surface area (Å²) in [5, 5.41) is 13.1. The molecule has 2 unspecified atom stereocenters. The average molecular weight is 669 g/mol. The van der Waals surface area contributed by atoms with Crippen LogP contribution in [0.3, 0.4) is 0 Å². The van der Waals surface area contributed by atoms with Gasteiger partial charge in [0, 0.05) is 24.3 Å². The number of ether oxygens (including phenoxy) is 1. The molecule has 1 aliphatic heterocycles. The zero-order valence-corrected chi connectivity index (χ0v) is 27.8. The van der Waals surface area contributed by atoms with Crippen molar-refractivity contribution in [3.8, 4) is 0 Å². The molecule has 12 heteroatoms. The molecule has 2 aromatic carbocycles. The van der Waals surface area contributed by atoms with E-state index in [9.17, 15) is 28.7 Å². The van der Waals surface area contributed by atoms with E-state index in [2.05, 4.69) is 5.32 Å². The van der Waals surface area contributed by atoms with Gasteiger partial charge in [0.1, 0.15) is 24.0 Å². The number of benzene rings is 2. The van der Waals surface area contributed by atoms with Crippen LogP contribution in [0.25, 0.3) is 10.9 Å². The number of hydrogen-bond acceptors (Lipinski definition) is 5. The summed E-state index contributed by atoms with van der Waals surface area (Å²) < 4.78 is 20.9. The predicted octanol–water partition coefficient (Wildman–Crippen LogP) is 6.11. The Morgan fingerprint density at radius 3 is 2.30 bits per heavy atom. The zero-order chi connectivity index (χ0) is 34.2. The largest absolute Gasteiger partial charge is 0.477 e. The topological polar surface area (TPSA) is 144 Å². The molecule has 10 nitrogen and oxygen atoms in total. The molecule has 2 heterocycles. The summed E-state index contributed by atoms with van der Waals surface area (Å²) in [5.74, 6) is -3.13. The Balaban J connectivity index is 1.48. The van der Waals surface area contributed by atoms with Crippen LogP contribution in [0.4, 0.5) is 9.18 Å². The average Bonchev–Trinajstić information content (AvgIpc) is 3.55. The van der Waals surface area contributed by atoms with Gasteiger partial charge >= 0.3 is 12.1 Å². The molecular formula is C35H42ClFN4O6. The van der Waals surface area contributed by atoms with Gasteiger partial charge < -0.3 is 30.4 Å². The van der Waals surface area contributed by atoms with E-state index in [0.29, 0.717) is 48.6 Å². The first kappa shape index (κ1) is 34.2. The summed E-state index contributed by atoms with van der Waals surface area (Å²) in [6.07, 6.45) is 1.53. The van der Waals surface area contributed by atoms with Crippen molar-refractivity contribution in [3.05, 3.63) is 70.4 Å². The fourth-order valence-electron chi connectivity index (χ4n) is 7.49. The zero-order valence-electron chi connectivity index (χ0n) is 27.0. The number of carboxylic acid groups (broad SMARTS) is 1. The second kappa shape index (κ2) is 13.5. The third-order valence-electron chi connectivity index (χ3n) is 9.59. The van der Waals surface area contributed by atoms with Crippen molar-refractivity contribution in [2.24, 2.45) is 24.6 Å². The summed E-state index contributed by atoms with van der Waals surface area (Å²) in [6, 6.07) is 12.5. The Labute approximate surface area is 278 Å². The van der Waals surface area contributed by atoms with Crippen LogP contribution in [-0.4, -0.2) is 62.8 Å². The van der Waals surface area contributed by atoms with Crippen molar-refractivity contribution in [2.45, 2.75) is 82.5 Å². The molecule has 1 saturated heterocycles. The highest BCUT2D eigenvalue weighted by atomic mass is 35.5. The minimum absolute atomic E-state index is 0.0621. The first-order valence-corrected chi connectivity index (χ1v) is 16.3. The van der Waals surface area contributed by atoms with E-state index in [-0.39, 0.29) is 22.5 Å². The number of hydrogen-bond donors (Lipinski definition) is 3. The van der Waals surface area contributed by atoms with Crippen LogP contribution in [0.5, 0.6) is 0 Å². The lowest BCUT2D eigenvalue weighted by Crippen LogP contribution is -2.50. The summed E-state index contributed by atoms with van der Waals surface area (Å²) in [4.78, 5) is 53.9. The van der Waals surface area contributed by atoms with E-state index >= 15 is 0 Å². The summed E-state index contributed by atoms with van der Waals surface area (Å²) in [5.41, 5.74) is 7.36. The fourth-order valence-corrected chi connectivity index (χ4v) is 7.90. The number of carbonyl (C=O) groups is 4. The molecule has 47 heavy (non-hydrogen) atoms. The van der Waals surface area contributed by atoms with Crippen LogP contribution in [0.15, 0.2) is 48.5 Å². The molecule has 2 fully saturated rings. The number of aromatic carboxylic acids is 1. The molecule has 1 saturated carbocycles. The maximum Gasteiger partial charge on any atom is 0.407 e. The quantitative estimate of drug-likeness (QED) is 0.264. The molecule has 4 atom stereocenters. The van der Waals surface area contributed by atoms with E-state index in [0.717, 1.165) is 5.56 Å². The van der Waals surface area contributed by atoms with Gasteiger partial charge in [0.25, 0.3) is 0 Å². The number of primary amides is 1. The van der Waals surface area contributed by atoms with Crippen LogP contribution in [-0.2, 0) is 21.4 Å². The standard InChI is InChI=1S/C35H42ClFN4O6/c1-35(2,3)47-34(46)39-24(18-37)20-13-15-21(16-14-20)32(43)41-26(17-23(29(41)31(38)42)19-9-6-5-7-10-19)22-11-8-12-25-27(22)28(36)30(33(44)45)40(25)4/h5-12,20-21,23-24,26,29H,13-18H2,1-4H3,(H2,38,42)(H,39,46)(H,44,45)/t20?,21?,23-,24?,26?,29+/m1/s1. The van der Waals surface area contributed by atoms with E-state index < -0.39 is 60.2 Å². The first-order valence-electron chi connectivity index (χ1n) is 16.0. The number of rotatable bonds is 8. The maximum absolute atomic E-state index is 14.6. The van der Waals surface area contributed by atoms with Gasteiger partial charge in [0.15, 0.2) is 0 Å². The number of alkyl halides is 1. The molecule has 1 aliphatic carbocycles. The Morgan fingerprint density at radius 1 is 1.06 bits per heavy atom. The molecule has 3 amide bonds. The summed E-state index contributed by atoms with van der Waals surface area (Å²) in [6.45, 7) is 4.44. The van der Waals surface area contributed by atoms with Crippen LogP contribution < -0.4 is 11.1 Å². The molecule has 2 aliphatic rings. The number of aryl methyl sites for hydroxylation is 1. The van der Waals surface area contributed by atoms with Crippen LogP contribution in [0.2, 0.25) is 5.02 Å². The third kappa shape index (κ3) is 6.81. The van der Waals surface area contributed by atoms with Crippen molar-refractivity contribution in [2.75, 3.05) is 6.67 Å². The lowest BCUT2D eigenvalue weighted by Gasteiger charge is -2.37. The minimum atomic E-state index is -1.18. The van der Waals surface area contributed by atoms with Crippen molar-refractivity contribution >= 4 is 46.4 Å². The van der Waals surface area contributed by atoms with E-state index in [4.69, 9.17) is 22.1 Å². The van der Waals surface area contributed by atoms with Gasteiger partial charge in [-0.15, -0.1) is 0 Å². The van der Waals surface area contributed by atoms with Crippen molar-refractivity contribution < 1.29 is 33.4 Å². The van der Waals surface area contributed by atoms with Gasteiger partial charge in [-0.2, -0.15) is 0 Å². The Bertz CT molecular complexity index is 1660. The molecule has 5 rings (SSSR count). The van der Waals surface area contributed by atoms with Crippen molar-refractivity contribution in [1.29, 1.82) is 0 Å². The van der Waals surface area contributed by atoms with E-state index in [1.165, 1.54) is 4.57 Å². The Kier molecular flexibility index (Phi) is 9.86. The number of nitrogens with zero attached hydrogens (tertiary/aromatic N) is 2. The third-order valence-corrected chi connectivity index (χ3v) is 9.95. The molecule has 4 N–H and O–H groups in total. The molecule has 0 bridgehead atoms. The highest BCUT2D eigenvalue weighted by Gasteiger charge is 2.50. The molecule has 1 aromatic heterocycles. The predicted molar refractivity (Wildman–Crippen MR) is 176 cm³/mol. The molecule has 3 aromatic rings.